The van der Waals surface area contributed by atoms with Gasteiger partial charge >= 0.3 is 47.8 Å². The van der Waals surface area contributed by atoms with Gasteiger partial charge in [-0.05, 0) is 88.4 Å². The predicted molar refractivity (Wildman–Crippen MR) is 323 cm³/mol. The minimum absolute atomic E-state index is 0.0507. The average molecular weight is 1240 g/mol. The van der Waals surface area contributed by atoms with E-state index in [1.165, 1.54) is 0 Å². The number of aliphatic carboxylic acids is 7. The fourth-order valence-electron chi connectivity index (χ4n) is 11.1. The summed E-state index contributed by atoms with van der Waals surface area (Å²) in [6, 6.07) is 3.29. The van der Waals surface area contributed by atoms with Crippen LogP contribution in [-0.2, 0) is 44.8 Å². The van der Waals surface area contributed by atoms with E-state index in [4.69, 9.17) is 20.1 Å². The van der Waals surface area contributed by atoms with Crippen molar-refractivity contribution in [3.05, 3.63) is 29.8 Å². The lowest BCUT2D eigenvalue weighted by atomic mass is 10.0. The molecule has 3 atom stereocenters. The SMILES string of the molecule is O=C(O)CC[C@H](NC(=O)N[C@@H](CCCCNC(=O)CCCCCCCCCCN1CCN(c2nc(Nc3ccc(CC4CN(CC(=O)O)CCN(CC(=O)O)CCN(CC(=O)O)CCN4CC(=O)O)cc3)nc(N3CCCCC3)n2)CC1)C(=O)O)C(=O)O. The highest BCUT2D eigenvalue weighted by molar-refractivity contribution is 5.86. The molecule has 3 amide bonds. The van der Waals surface area contributed by atoms with E-state index in [0.717, 1.165) is 122 Å². The monoisotopic (exact) mass is 1240 g/mol. The predicted octanol–water partition coefficient (Wildman–Crippen LogP) is 2.07. The molecule has 88 heavy (non-hydrogen) atoms. The van der Waals surface area contributed by atoms with Crippen molar-refractivity contribution in [2.45, 2.75) is 134 Å². The van der Waals surface area contributed by atoms with E-state index in [1.807, 2.05) is 24.3 Å². The Bertz CT molecular complexity index is 2560. The number of hydrogen-bond acceptors (Lipinski definition) is 20. The van der Waals surface area contributed by atoms with E-state index in [9.17, 15) is 73.8 Å². The molecular formula is C58H92N14O16. The average Bonchev–Trinajstić information content (AvgIpc) is 3.42. The summed E-state index contributed by atoms with van der Waals surface area (Å²) >= 11 is 0. The lowest BCUT2D eigenvalue weighted by molar-refractivity contribution is -0.142. The van der Waals surface area contributed by atoms with E-state index in [-0.39, 0.29) is 90.7 Å². The van der Waals surface area contributed by atoms with Gasteiger partial charge in [0.25, 0.3) is 0 Å². The van der Waals surface area contributed by atoms with Crippen LogP contribution in [0.3, 0.4) is 0 Å². The highest BCUT2D eigenvalue weighted by Gasteiger charge is 2.30. The first-order valence-corrected chi connectivity index (χ1v) is 30.8. The fraction of sp³-hybridized carbons (Fsp3) is 0.690. The van der Waals surface area contributed by atoms with Gasteiger partial charge < -0.3 is 66.8 Å². The number of rotatable bonds is 37. The molecule has 1 aromatic heterocycles. The molecule has 3 aliphatic heterocycles. The zero-order valence-electron chi connectivity index (χ0n) is 50.5. The van der Waals surface area contributed by atoms with Gasteiger partial charge in [-0.2, -0.15) is 15.0 Å². The molecule has 490 valence electrons. The summed E-state index contributed by atoms with van der Waals surface area (Å²) in [6.45, 7) is 6.30. The number of benzene rings is 1. The van der Waals surface area contributed by atoms with E-state index in [2.05, 4.69) is 36.0 Å². The Morgan fingerprint density at radius 3 is 1.53 bits per heavy atom. The van der Waals surface area contributed by atoms with Crippen molar-refractivity contribution in [2.24, 2.45) is 0 Å². The maximum absolute atomic E-state index is 12.4. The van der Waals surface area contributed by atoms with Gasteiger partial charge in [0.15, 0.2) is 0 Å². The summed E-state index contributed by atoms with van der Waals surface area (Å²) < 4.78 is 0. The van der Waals surface area contributed by atoms with Gasteiger partial charge in [0, 0.05) is 116 Å². The van der Waals surface area contributed by atoms with E-state index >= 15 is 0 Å². The summed E-state index contributed by atoms with van der Waals surface area (Å²) in [4.78, 5) is 135. The Hall–Kier alpha value is -7.54. The fourth-order valence-corrected chi connectivity index (χ4v) is 11.1. The Labute approximate surface area is 513 Å². The minimum Gasteiger partial charge on any atom is -0.481 e. The molecule has 0 aliphatic carbocycles. The third-order valence-corrected chi connectivity index (χ3v) is 15.9. The molecule has 11 N–H and O–H groups in total. The van der Waals surface area contributed by atoms with Crippen molar-refractivity contribution in [3.8, 4) is 0 Å². The van der Waals surface area contributed by atoms with Crippen LogP contribution in [0.5, 0.6) is 0 Å². The molecule has 5 rings (SSSR count). The number of anilines is 4. The number of carboxylic acid groups (broad SMARTS) is 7. The summed E-state index contributed by atoms with van der Waals surface area (Å²) in [5.41, 5.74) is 1.56. The van der Waals surface area contributed by atoms with Crippen LogP contribution in [0.2, 0.25) is 0 Å². The number of urea groups is 1. The zero-order valence-corrected chi connectivity index (χ0v) is 50.5. The highest BCUT2D eigenvalue weighted by atomic mass is 16.4. The molecule has 0 spiro atoms. The van der Waals surface area contributed by atoms with Gasteiger partial charge in [-0.3, -0.25) is 53.3 Å². The Balaban J connectivity index is 1.04. The number of piperazine rings is 1. The van der Waals surface area contributed by atoms with Crippen LogP contribution in [0, 0.1) is 0 Å². The quantitative estimate of drug-likeness (QED) is 0.0431. The number of hydrogen-bond donors (Lipinski definition) is 11. The van der Waals surface area contributed by atoms with Crippen molar-refractivity contribution in [1.29, 1.82) is 0 Å². The molecule has 3 saturated heterocycles. The molecular weight excluding hydrogens is 1150 g/mol. The van der Waals surface area contributed by atoms with Crippen molar-refractivity contribution in [1.82, 2.24) is 55.4 Å². The van der Waals surface area contributed by atoms with Crippen LogP contribution in [0.15, 0.2) is 24.3 Å². The van der Waals surface area contributed by atoms with Crippen LogP contribution in [0.1, 0.15) is 115 Å². The van der Waals surface area contributed by atoms with Gasteiger partial charge in [0.05, 0.1) is 26.2 Å². The Kier molecular flexibility index (Phi) is 31.3. The zero-order chi connectivity index (χ0) is 63.8. The minimum atomic E-state index is -1.49. The number of carbonyl (C=O) groups is 9. The summed E-state index contributed by atoms with van der Waals surface area (Å²) in [5, 5.41) is 77.3. The molecule has 1 aromatic carbocycles. The normalized spacial score (nSPS) is 17.8. The lowest BCUT2D eigenvalue weighted by Crippen LogP contribution is -2.53. The first-order chi connectivity index (χ1) is 42.2. The second kappa shape index (κ2) is 38.7. The third-order valence-electron chi connectivity index (χ3n) is 15.9. The summed E-state index contributed by atoms with van der Waals surface area (Å²) in [6.07, 6.45) is 12.3. The summed E-state index contributed by atoms with van der Waals surface area (Å²) in [5.74, 6) is -6.74. The van der Waals surface area contributed by atoms with Gasteiger partial charge in [0.2, 0.25) is 23.8 Å². The molecule has 4 heterocycles. The van der Waals surface area contributed by atoms with E-state index in [1.54, 1.807) is 19.6 Å². The first-order valence-electron chi connectivity index (χ1n) is 30.8. The molecule has 3 aliphatic rings. The molecule has 1 unspecified atom stereocenters. The number of carbonyl (C=O) groups excluding carboxylic acids is 2. The molecule has 0 bridgehead atoms. The maximum atomic E-state index is 12.4. The standard InChI is InChI=1S/C58H92N14O16/c73-47(59-22-10-9-14-45(53(84)85)61-58(88)62-46(54(86)87)20-21-48(74)75)15-8-5-3-1-2-4-6-11-23-66-30-33-71(34-31-66)57-64-55(63-56(65-57)70-24-12-7-13-25-70)60-43-18-16-42(17-19-43)36-44-37-69(40-51(80)81)29-28-67(38-49(76)77)26-27-68(39-50(78)79)32-35-72(44)41-52(82)83/h16-19,44-46H,1-15,20-41H2,(H,59,73)(H,74,75)(H,76,77)(H,78,79)(H,80,81)(H,82,83)(H,84,85)(H,86,87)(H2,61,62,88)(H,60,63,64,65)/t44?,45-,46-/m0/s1. The van der Waals surface area contributed by atoms with Gasteiger partial charge in [-0.15, -0.1) is 0 Å². The molecule has 0 saturated carbocycles. The van der Waals surface area contributed by atoms with Crippen LogP contribution in [-0.4, -0.2) is 271 Å². The van der Waals surface area contributed by atoms with Gasteiger partial charge in [0.1, 0.15) is 12.1 Å². The number of aromatic nitrogens is 3. The Morgan fingerprint density at radius 1 is 0.477 bits per heavy atom. The van der Waals surface area contributed by atoms with Gasteiger partial charge in [-0.25, -0.2) is 14.4 Å². The topological polar surface area (TPSA) is 405 Å². The highest BCUT2D eigenvalue weighted by Crippen LogP contribution is 2.25. The van der Waals surface area contributed by atoms with Crippen molar-refractivity contribution in [2.75, 3.05) is 139 Å². The van der Waals surface area contributed by atoms with Crippen LogP contribution < -0.4 is 31.1 Å². The molecule has 2 aromatic rings. The van der Waals surface area contributed by atoms with E-state index < -0.39 is 72.4 Å². The lowest BCUT2D eigenvalue weighted by Gasteiger charge is -2.37. The van der Waals surface area contributed by atoms with Crippen LogP contribution in [0.25, 0.3) is 0 Å². The number of piperidine rings is 1. The first kappa shape index (κ1) is 71.2. The van der Waals surface area contributed by atoms with Crippen molar-refractivity contribution >= 4 is 77.3 Å². The largest absolute Gasteiger partial charge is 0.481 e. The molecule has 0 radical (unpaired) electrons. The number of unbranched alkanes of at least 4 members (excludes halogenated alkanes) is 8. The van der Waals surface area contributed by atoms with Crippen LogP contribution >= 0.6 is 0 Å². The maximum Gasteiger partial charge on any atom is 0.326 e. The number of carboxylic acids is 7. The number of amides is 3. The second-order valence-electron chi connectivity index (χ2n) is 22.9. The summed E-state index contributed by atoms with van der Waals surface area (Å²) in [7, 11) is 0. The van der Waals surface area contributed by atoms with Crippen molar-refractivity contribution in [3.63, 3.8) is 0 Å². The van der Waals surface area contributed by atoms with Crippen LogP contribution in [0.4, 0.5) is 28.3 Å². The molecule has 3 fully saturated rings. The van der Waals surface area contributed by atoms with Gasteiger partial charge in [-0.1, -0.05) is 50.7 Å². The number of nitrogens with zero attached hydrogens (tertiary/aromatic N) is 10. The number of nitrogens with one attached hydrogen (secondary N) is 4. The second-order valence-corrected chi connectivity index (χ2v) is 22.9. The molecule has 30 heteroatoms. The molecule has 30 nitrogen and oxygen atoms in total. The van der Waals surface area contributed by atoms with Crippen molar-refractivity contribution < 1.29 is 78.9 Å². The van der Waals surface area contributed by atoms with E-state index in [0.29, 0.717) is 55.8 Å². The third kappa shape index (κ3) is 28.1. The smallest absolute Gasteiger partial charge is 0.326 e. The Morgan fingerprint density at radius 2 is 0.977 bits per heavy atom.